The van der Waals surface area contributed by atoms with E-state index in [4.69, 9.17) is 11.6 Å². The van der Waals surface area contributed by atoms with Crippen LogP contribution in [0.2, 0.25) is 5.02 Å². The van der Waals surface area contributed by atoms with E-state index in [1.165, 1.54) is 28.6 Å². The molecular formula is C22H16ClF3N2O3S. The molecule has 3 aromatic rings. The van der Waals surface area contributed by atoms with E-state index in [0.29, 0.717) is 18.5 Å². The summed E-state index contributed by atoms with van der Waals surface area (Å²) in [7, 11) is -3.99. The lowest BCUT2D eigenvalue weighted by Crippen LogP contribution is -2.35. The van der Waals surface area contributed by atoms with Gasteiger partial charge in [-0.3, -0.25) is 9.10 Å². The number of fused-ring (bicyclic) bond motifs is 1. The van der Waals surface area contributed by atoms with E-state index in [2.05, 4.69) is 5.32 Å². The smallest absolute Gasteiger partial charge is 0.264 e. The number of sulfonamides is 1. The van der Waals surface area contributed by atoms with Gasteiger partial charge < -0.3 is 5.32 Å². The van der Waals surface area contributed by atoms with Crippen molar-refractivity contribution in [1.82, 2.24) is 0 Å². The van der Waals surface area contributed by atoms with Crippen molar-refractivity contribution >= 4 is 38.9 Å². The average molecular weight is 481 g/mol. The fourth-order valence-electron chi connectivity index (χ4n) is 3.53. The molecule has 1 N–H and O–H groups in total. The summed E-state index contributed by atoms with van der Waals surface area (Å²) in [5.74, 6) is -3.90. The molecule has 0 aliphatic carbocycles. The number of aryl methyl sites for hydroxylation is 1. The Morgan fingerprint density at radius 2 is 1.72 bits per heavy atom. The van der Waals surface area contributed by atoms with Crippen LogP contribution in [0.5, 0.6) is 0 Å². The van der Waals surface area contributed by atoms with Crippen LogP contribution in [-0.4, -0.2) is 20.9 Å². The second kappa shape index (κ2) is 8.48. The first kappa shape index (κ1) is 22.2. The van der Waals surface area contributed by atoms with Crippen LogP contribution in [0.15, 0.2) is 59.5 Å². The van der Waals surface area contributed by atoms with Gasteiger partial charge >= 0.3 is 0 Å². The molecule has 0 aromatic heterocycles. The SMILES string of the molecule is O=C(Nc1ccc2c(c1)N(S(=O)(=O)c1ccc(F)cc1)CCC2)c1c(F)ccc(Cl)c1F. The molecule has 1 aliphatic rings. The number of amides is 1. The van der Waals surface area contributed by atoms with Gasteiger partial charge in [0, 0.05) is 12.2 Å². The Balaban J connectivity index is 1.69. The third-order valence-electron chi connectivity index (χ3n) is 5.09. The van der Waals surface area contributed by atoms with Gasteiger partial charge in [-0.25, -0.2) is 21.6 Å². The molecule has 0 saturated carbocycles. The van der Waals surface area contributed by atoms with E-state index in [1.54, 1.807) is 6.07 Å². The number of carbonyl (C=O) groups is 1. The summed E-state index contributed by atoms with van der Waals surface area (Å²) in [6, 6.07) is 10.9. The van der Waals surface area contributed by atoms with Crippen LogP contribution in [0.4, 0.5) is 24.5 Å². The largest absolute Gasteiger partial charge is 0.322 e. The minimum absolute atomic E-state index is 0.0794. The lowest BCUT2D eigenvalue weighted by molar-refractivity contribution is 0.101. The minimum Gasteiger partial charge on any atom is -0.322 e. The molecule has 0 atom stereocenters. The molecule has 3 aromatic carbocycles. The van der Waals surface area contributed by atoms with Crippen molar-refractivity contribution in [3.63, 3.8) is 0 Å². The molecule has 0 spiro atoms. The van der Waals surface area contributed by atoms with Crippen molar-refractivity contribution < 1.29 is 26.4 Å². The first-order chi connectivity index (χ1) is 15.2. The molecule has 0 saturated heterocycles. The van der Waals surface area contributed by atoms with Crippen molar-refractivity contribution in [2.75, 3.05) is 16.2 Å². The van der Waals surface area contributed by atoms with Gasteiger partial charge in [0.2, 0.25) is 0 Å². The van der Waals surface area contributed by atoms with Crippen molar-refractivity contribution in [3.8, 4) is 0 Å². The maximum Gasteiger partial charge on any atom is 0.264 e. The monoisotopic (exact) mass is 480 g/mol. The predicted molar refractivity (Wildman–Crippen MR) is 115 cm³/mol. The van der Waals surface area contributed by atoms with Gasteiger partial charge in [0.1, 0.15) is 17.2 Å². The van der Waals surface area contributed by atoms with Gasteiger partial charge in [-0.2, -0.15) is 0 Å². The number of halogens is 4. The first-order valence-electron chi connectivity index (χ1n) is 9.54. The van der Waals surface area contributed by atoms with E-state index in [-0.39, 0.29) is 17.1 Å². The van der Waals surface area contributed by atoms with Gasteiger partial charge in [-0.05, 0) is 66.9 Å². The molecule has 32 heavy (non-hydrogen) atoms. The van der Waals surface area contributed by atoms with Crippen molar-refractivity contribution in [1.29, 1.82) is 0 Å². The second-order valence-corrected chi connectivity index (χ2v) is 9.42. The summed E-state index contributed by atoms with van der Waals surface area (Å²) in [6.45, 7) is 0.182. The standard InChI is InChI=1S/C22H16ClF3N2O3S/c23-17-9-10-18(25)20(21(17)26)22(29)27-15-6-3-13-2-1-11-28(19(13)12-15)32(30,31)16-7-4-14(24)5-8-16/h3-10,12H,1-2,11H2,(H,27,29). The van der Waals surface area contributed by atoms with E-state index < -0.39 is 44.0 Å². The Kier molecular flexibility index (Phi) is 5.87. The number of nitrogens with one attached hydrogen (secondary N) is 1. The molecule has 1 amide bonds. The van der Waals surface area contributed by atoms with Crippen LogP contribution in [0, 0.1) is 17.5 Å². The van der Waals surface area contributed by atoms with Crippen molar-refractivity contribution in [2.45, 2.75) is 17.7 Å². The van der Waals surface area contributed by atoms with Crippen LogP contribution >= 0.6 is 11.6 Å². The van der Waals surface area contributed by atoms with Crippen LogP contribution < -0.4 is 9.62 Å². The highest BCUT2D eigenvalue weighted by Gasteiger charge is 2.30. The number of rotatable bonds is 4. The Labute approximate surface area is 187 Å². The number of hydrogen-bond acceptors (Lipinski definition) is 3. The molecule has 0 radical (unpaired) electrons. The summed E-state index contributed by atoms with van der Waals surface area (Å²) < 4.78 is 68.9. The molecule has 166 valence electrons. The van der Waals surface area contributed by atoms with Crippen LogP contribution in [0.1, 0.15) is 22.3 Å². The van der Waals surface area contributed by atoms with Gasteiger partial charge in [0.25, 0.3) is 15.9 Å². The Hall–Kier alpha value is -3.04. The van der Waals surface area contributed by atoms with E-state index in [1.807, 2.05) is 0 Å². The lowest BCUT2D eigenvalue weighted by atomic mass is 10.0. The van der Waals surface area contributed by atoms with Crippen molar-refractivity contribution in [2.24, 2.45) is 0 Å². The highest BCUT2D eigenvalue weighted by atomic mass is 35.5. The number of benzene rings is 3. The number of carbonyl (C=O) groups excluding carboxylic acids is 1. The third kappa shape index (κ3) is 4.05. The summed E-state index contributed by atoms with van der Waals surface area (Å²) >= 11 is 5.65. The highest BCUT2D eigenvalue weighted by molar-refractivity contribution is 7.92. The summed E-state index contributed by atoms with van der Waals surface area (Å²) in [4.78, 5) is 12.4. The minimum atomic E-state index is -3.99. The van der Waals surface area contributed by atoms with Crippen LogP contribution in [0.25, 0.3) is 0 Å². The fourth-order valence-corrected chi connectivity index (χ4v) is 5.22. The van der Waals surface area contributed by atoms with Gasteiger partial charge in [-0.1, -0.05) is 17.7 Å². The zero-order valence-electron chi connectivity index (χ0n) is 16.4. The third-order valence-corrected chi connectivity index (χ3v) is 7.21. The Bertz CT molecular complexity index is 1310. The molecular weight excluding hydrogens is 465 g/mol. The van der Waals surface area contributed by atoms with E-state index in [0.717, 1.165) is 29.8 Å². The maximum atomic E-state index is 14.2. The Morgan fingerprint density at radius 3 is 2.44 bits per heavy atom. The molecule has 0 fully saturated rings. The molecule has 10 heteroatoms. The average Bonchev–Trinajstić information content (AvgIpc) is 2.76. The first-order valence-corrected chi connectivity index (χ1v) is 11.4. The molecule has 1 heterocycles. The number of anilines is 2. The number of nitrogens with zero attached hydrogens (tertiary/aromatic N) is 1. The van der Waals surface area contributed by atoms with E-state index in [9.17, 15) is 26.4 Å². The zero-order chi connectivity index (χ0) is 23.0. The second-order valence-electron chi connectivity index (χ2n) is 7.15. The van der Waals surface area contributed by atoms with E-state index >= 15 is 0 Å². The topological polar surface area (TPSA) is 66.5 Å². The summed E-state index contributed by atoms with van der Waals surface area (Å²) in [5.41, 5.74) is 0.352. The molecule has 5 nitrogen and oxygen atoms in total. The summed E-state index contributed by atoms with van der Waals surface area (Å²) in [5, 5.41) is 1.98. The van der Waals surface area contributed by atoms with Gasteiger partial charge in [0.15, 0.2) is 5.82 Å². The number of hydrogen-bond donors (Lipinski definition) is 1. The van der Waals surface area contributed by atoms with Crippen molar-refractivity contribution in [3.05, 3.63) is 88.2 Å². The normalized spacial score (nSPS) is 13.6. The molecule has 0 bridgehead atoms. The quantitative estimate of drug-likeness (QED) is 0.525. The predicted octanol–water partition coefficient (Wildman–Crippen LogP) is 5.15. The fraction of sp³-hybridized carbons (Fsp3) is 0.136. The van der Waals surface area contributed by atoms with Gasteiger partial charge in [0.05, 0.1) is 15.6 Å². The van der Waals surface area contributed by atoms with Gasteiger partial charge in [-0.15, -0.1) is 0 Å². The molecule has 1 aliphatic heterocycles. The Morgan fingerprint density at radius 1 is 1.00 bits per heavy atom. The maximum absolute atomic E-state index is 14.2. The summed E-state index contributed by atoms with van der Waals surface area (Å²) in [6.07, 6.45) is 1.18. The van der Waals surface area contributed by atoms with Crippen LogP contribution in [-0.2, 0) is 16.4 Å². The highest BCUT2D eigenvalue weighted by Crippen LogP contribution is 2.34. The van der Waals surface area contributed by atoms with Crippen LogP contribution in [0.3, 0.4) is 0 Å². The zero-order valence-corrected chi connectivity index (χ0v) is 18.0. The molecule has 0 unspecified atom stereocenters. The lowest BCUT2D eigenvalue weighted by Gasteiger charge is -2.31. The molecule has 4 rings (SSSR count).